The molecule has 3 spiro atoms. The third kappa shape index (κ3) is 5.26. The van der Waals surface area contributed by atoms with Crippen molar-refractivity contribution >= 4 is 18.0 Å². The zero-order valence-corrected chi connectivity index (χ0v) is 41.9. The molecule has 14 aliphatic rings. The highest BCUT2D eigenvalue weighted by molar-refractivity contribution is 6.00. The number of carbonyl (C=O) groups is 2. The van der Waals surface area contributed by atoms with Gasteiger partial charge in [0.15, 0.2) is 11.4 Å². The third-order valence-electron chi connectivity index (χ3n) is 23.3. The van der Waals surface area contributed by atoms with E-state index < -0.39 is 22.3 Å². The summed E-state index contributed by atoms with van der Waals surface area (Å²) in [5.74, 6) is 2.66. The van der Waals surface area contributed by atoms with Crippen molar-refractivity contribution < 1.29 is 24.2 Å². The minimum Gasteiger partial charge on any atom is -0.508 e. The molecular weight excluding hydrogens is 879 g/mol. The number of esters is 2. The smallest absolute Gasteiger partial charge is 0.339 e. The maximum atomic E-state index is 16.6. The van der Waals surface area contributed by atoms with Gasteiger partial charge in [-0.25, -0.2) is 4.79 Å². The summed E-state index contributed by atoms with van der Waals surface area (Å²) < 4.78 is 14.7. The van der Waals surface area contributed by atoms with Crippen LogP contribution in [0.15, 0.2) is 88.1 Å². The van der Waals surface area contributed by atoms with Gasteiger partial charge in [0.2, 0.25) is 0 Å². The molecule has 7 heterocycles. The predicted molar refractivity (Wildman–Crippen MR) is 272 cm³/mol. The maximum Gasteiger partial charge on any atom is 0.339 e. The summed E-state index contributed by atoms with van der Waals surface area (Å²) in [6.45, 7) is 5.31. The van der Waals surface area contributed by atoms with Crippen LogP contribution in [0.5, 0.6) is 0 Å². The number of nitrogens with two attached hydrogens (primary N) is 1. The molecule has 0 amide bonds. The number of allylic oxidation sites excluding steroid dienone is 5. The van der Waals surface area contributed by atoms with Crippen molar-refractivity contribution in [3.63, 3.8) is 0 Å². The fourth-order valence-electron chi connectivity index (χ4n) is 20.9. The van der Waals surface area contributed by atoms with E-state index in [-0.39, 0.29) is 35.7 Å². The molecule has 2 saturated carbocycles. The van der Waals surface area contributed by atoms with Gasteiger partial charge in [-0.2, -0.15) is 0 Å². The van der Waals surface area contributed by atoms with E-state index >= 15 is 9.59 Å². The fourth-order valence-corrected chi connectivity index (χ4v) is 20.9. The highest BCUT2D eigenvalue weighted by atomic mass is 16.6. The second kappa shape index (κ2) is 15.1. The van der Waals surface area contributed by atoms with Gasteiger partial charge in [0.25, 0.3) is 0 Å². The number of fused-ring (bicyclic) bond motifs is 10. The molecule has 4 saturated heterocycles. The van der Waals surface area contributed by atoms with E-state index in [1.807, 2.05) is 0 Å². The van der Waals surface area contributed by atoms with Crippen molar-refractivity contribution in [3.05, 3.63) is 121 Å². The van der Waals surface area contributed by atoms with E-state index in [1.54, 1.807) is 11.3 Å². The van der Waals surface area contributed by atoms with Crippen LogP contribution in [0, 0.1) is 64.1 Å². The number of hydrogen-bond acceptors (Lipinski definition) is 8. The van der Waals surface area contributed by atoms with Gasteiger partial charge in [0, 0.05) is 60.2 Å². The Labute approximate surface area is 420 Å². The van der Waals surface area contributed by atoms with Crippen LogP contribution in [0.2, 0.25) is 0 Å². The largest absolute Gasteiger partial charge is 0.508 e. The van der Waals surface area contributed by atoms with Gasteiger partial charge in [-0.3, -0.25) is 9.69 Å². The standard InChI is InChI=1S/C63H73N3O5/c1-34-26-40-18-21-50-42-30-43-33-66(50)56(40)55-45-23-24-61-58(57(67)46-20-22-49(43)65(32-42)51(46)27-35-8-3-2-4-9-35)70-60(69)62(61)48(45)31-41(53(34)55)29-39-12-5-10-37-17-15-36(16-19-44(37)39)28-52(62)63(61)47-14-6-11-38(13-7-25-64)54(47)59(68)71-63/h5-6,10-12,14,16,19,31,34-36,42-43,46,49-53,55,67H,2-4,7-9,13,15,17-18,20-30,32-33,64H2,1H3/t34-,36-,42-,43-,46+,49+,50-,51-,52-,53-,55+,61+,62-,63+/m0/s1. The molecule has 8 heteroatoms. The number of aliphatic hydroxyl groups is 1. The highest BCUT2D eigenvalue weighted by Crippen LogP contribution is 2.87. The van der Waals surface area contributed by atoms with E-state index in [2.05, 4.69) is 71.3 Å². The monoisotopic (exact) mass is 952 g/mol. The first kappa shape index (κ1) is 43.0. The van der Waals surface area contributed by atoms with Crippen molar-refractivity contribution in [2.75, 3.05) is 19.6 Å². The van der Waals surface area contributed by atoms with Crippen molar-refractivity contribution in [1.29, 1.82) is 0 Å². The first-order chi connectivity index (χ1) is 34.7. The number of piperidine rings is 3. The molecule has 7 aliphatic heterocycles. The molecule has 0 radical (unpaired) electrons. The Hall–Kier alpha value is -4.40. The lowest BCUT2D eigenvalue weighted by atomic mass is 9.28. The molecule has 370 valence electrons. The molecule has 14 atom stereocenters. The van der Waals surface area contributed by atoms with Crippen molar-refractivity contribution in [3.8, 4) is 0 Å². The Kier molecular flexibility index (Phi) is 9.16. The van der Waals surface area contributed by atoms with E-state index in [9.17, 15) is 5.11 Å². The molecule has 8 nitrogen and oxygen atoms in total. The summed E-state index contributed by atoms with van der Waals surface area (Å²) in [6.07, 6.45) is 28.1. The molecule has 2 aromatic rings. The van der Waals surface area contributed by atoms with Gasteiger partial charge in [-0.05, 0) is 166 Å². The van der Waals surface area contributed by atoms with Crippen LogP contribution in [0.4, 0.5) is 0 Å². The Morgan fingerprint density at radius 3 is 2.65 bits per heavy atom. The van der Waals surface area contributed by atoms with Gasteiger partial charge in [-0.1, -0.05) is 110 Å². The van der Waals surface area contributed by atoms with E-state index in [0.717, 1.165) is 82.0 Å². The summed E-state index contributed by atoms with van der Waals surface area (Å²) in [6, 6.07) is 14.6. The topological polar surface area (TPSA) is 105 Å². The van der Waals surface area contributed by atoms with Crippen molar-refractivity contribution in [2.45, 2.75) is 159 Å². The molecule has 0 aromatic heterocycles. The number of hydrogen-bond donors (Lipinski definition) is 2. The SMILES string of the molecule is C[C@H]1CC2=C3[C@@H]4C5=C6C=C(Cc7cccc8c7C=C[C@H](CC8)C[C@H]7[C@]68C(=O)OC(=C(O)[C@@H]6CC[C@@H]9[C@H]%10C[C@@H](CN9[C@H]6CC6CCCCC6)[C@H](CC2)N3C%10)[C@@]8(CC5)[C@]72OC(=O)c3c(CCCN)cccc32)[C@@H]41. The molecule has 0 unspecified atom stereocenters. The number of aliphatic hydroxyl groups excluding tert-OH is 1. The van der Waals surface area contributed by atoms with Gasteiger partial charge in [0.1, 0.15) is 11.2 Å². The lowest BCUT2D eigenvalue weighted by Crippen LogP contribution is -2.77. The number of ether oxygens (including phenoxy) is 2. The summed E-state index contributed by atoms with van der Waals surface area (Å²) in [7, 11) is 0. The highest BCUT2D eigenvalue weighted by Gasteiger charge is 2.93. The van der Waals surface area contributed by atoms with E-state index in [4.69, 9.17) is 15.2 Å². The van der Waals surface area contributed by atoms with Crippen molar-refractivity contribution in [1.82, 2.24) is 9.80 Å². The number of aryl methyl sites for hydroxylation is 2. The summed E-state index contributed by atoms with van der Waals surface area (Å²) in [5.41, 5.74) is 16.9. The van der Waals surface area contributed by atoms with Crippen LogP contribution in [-0.4, -0.2) is 64.6 Å². The quantitative estimate of drug-likeness (QED) is 0.286. The van der Waals surface area contributed by atoms with Gasteiger partial charge < -0.3 is 25.2 Å². The van der Waals surface area contributed by atoms with E-state index in [1.165, 1.54) is 84.8 Å². The number of nitrogens with zero attached hydrogens (tertiary/aromatic N) is 2. The first-order valence-corrected chi connectivity index (χ1v) is 28.9. The van der Waals surface area contributed by atoms with Crippen LogP contribution >= 0.6 is 0 Å². The summed E-state index contributed by atoms with van der Waals surface area (Å²) in [5, 5.41) is 14.0. The maximum absolute atomic E-state index is 16.6. The minimum absolute atomic E-state index is 0.143. The van der Waals surface area contributed by atoms with E-state index in [0.29, 0.717) is 84.6 Å². The zero-order valence-electron chi connectivity index (χ0n) is 41.9. The Morgan fingerprint density at radius 1 is 0.901 bits per heavy atom. The Balaban J connectivity index is 1.01. The van der Waals surface area contributed by atoms with Crippen LogP contribution in [0.1, 0.15) is 154 Å². The molecule has 71 heavy (non-hydrogen) atoms. The Bertz CT molecular complexity index is 2880. The molecule has 2 aromatic carbocycles. The zero-order chi connectivity index (χ0) is 47.3. The molecule has 11 bridgehead atoms. The number of rotatable bonds is 5. The second-order valence-corrected chi connectivity index (χ2v) is 25.9. The molecule has 6 fully saturated rings. The molecule has 16 rings (SSSR count). The minimum atomic E-state index is -1.20. The summed E-state index contributed by atoms with van der Waals surface area (Å²) in [4.78, 5) is 38.0. The van der Waals surface area contributed by atoms with Crippen LogP contribution < -0.4 is 5.73 Å². The molecule has 3 N–H and O–H groups in total. The average Bonchev–Trinajstić information content (AvgIpc) is 3.79. The lowest BCUT2D eigenvalue weighted by Gasteiger charge is -2.71. The predicted octanol–water partition coefficient (Wildman–Crippen LogP) is 11.2. The van der Waals surface area contributed by atoms with Crippen LogP contribution in [0.3, 0.4) is 0 Å². The Morgan fingerprint density at radius 2 is 1.76 bits per heavy atom. The summed E-state index contributed by atoms with van der Waals surface area (Å²) >= 11 is 0. The number of carbonyl (C=O) groups excluding carboxylic acids is 2. The van der Waals surface area contributed by atoms with Crippen LogP contribution in [-0.2, 0) is 39.1 Å². The fraction of sp³-hybridized carbons (Fsp3) is 0.619. The van der Waals surface area contributed by atoms with Crippen LogP contribution in [0.25, 0.3) is 6.08 Å². The average molecular weight is 952 g/mol. The lowest BCUT2D eigenvalue weighted by molar-refractivity contribution is -0.277. The number of benzene rings is 2. The van der Waals surface area contributed by atoms with Crippen molar-refractivity contribution in [2.24, 2.45) is 69.8 Å². The van der Waals surface area contributed by atoms with Gasteiger partial charge >= 0.3 is 11.9 Å². The second-order valence-electron chi connectivity index (χ2n) is 25.9. The van der Waals surface area contributed by atoms with Gasteiger partial charge in [0.05, 0.1) is 11.0 Å². The first-order valence-electron chi connectivity index (χ1n) is 28.9. The normalized spacial score (nSPS) is 42.0. The molecular formula is C63H73N3O5. The van der Waals surface area contributed by atoms with Gasteiger partial charge in [-0.15, -0.1) is 0 Å². The third-order valence-corrected chi connectivity index (χ3v) is 23.3. The molecule has 7 aliphatic carbocycles.